The fraction of sp³-hybridized carbons (Fsp3) is 0.136. The number of nitro groups is 1. The summed E-state index contributed by atoms with van der Waals surface area (Å²) in [5.41, 5.74) is 5.05. The van der Waals surface area contributed by atoms with Crippen LogP contribution in [-0.2, 0) is 11.8 Å². The lowest BCUT2D eigenvalue weighted by molar-refractivity contribution is -0.384. The van der Waals surface area contributed by atoms with Crippen LogP contribution in [0.1, 0.15) is 11.3 Å². The number of nitrogens with zero attached hydrogens (tertiary/aromatic N) is 7. The summed E-state index contributed by atoms with van der Waals surface area (Å²) >= 11 is 7.62. The van der Waals surface area contributed by atoms with Crippen LogP contribution in [-0.4, -0.2) is 47.3 Å². The highest BCUT2D eigenvalue weighted by Gasteiger charge is 2.16. The van der Waals surface area contributed by atoms with Gasteiger partial charge in [0, 0.05) is 24.7 Å². The predicted octanol–water partition coefficient (Wildman–Crippen LogP) is 3.78. The summed E-state index contributed by atoms with van der Waals surface area (Å²) in [5, 5.41) is 28.5. The average Bonchev–Trinajstić information content (AvgIpc) is 3.37. The van der Waals surface area contributed by atoms with E-state index >= 15 is 0 Å². The minimum absolute atomic E-state index is 0.0360. The molecule has 11 nitrogen and oxygen atoms in total. The predicted molar refractivity (Wildman–Crippen MR) is 133 cm³/mol. The summed E-state index contributed by atoms with van der Waals surface area (Å²) in [7, 11) is 1.72. The van der Waals surface area contributed by atoms with Gasteiger partial charge in [-0.25, -0.2) is 10.1 Å². The monoisotopic (exact) mass is 510 g/mol. The number of nitrogens with one attached hydrogen (secondary N) is 1. The van der Waals surface area contributed by atoms with Gasteiger partial charge in [0.25, 0.3) is 11.6 Å². The van der Waals surface area contributed by atoms with Gasteiger partial charge in [-0.3, -0.25) is 14.9 Å². The van der Waals surface area contributed by atoms with E-state index in [9.17, 15) is 14.9 Å². The number of rotatable bonds is 8. The molecule has 2 heterocycles. The van der Waals surface area contributed by atoms with Crippen LogP contribution in [0.25, 0.3) is 17.1 Å². The summed E-state index contributed by atoms with van der Waals surface area (Å²) in [5.74, 6) is 0.138. The molecule has 2 aromatic carbocycles. The van der Waals surface area contributed by atoms with E-state index in [-0.39, 0.29) is 17.3 Å². The standard InChI is InChI=1S/C22H19ClN8O3S/c1-14-18(20(23)30(28-14)16-8-4-3-5-9-16)12-24-25-19(32)13-35-22-27-26-21(29(22)2)15-7-6-10-17(11-15)31(33)34/h3-12H,13H2,1-2H3,(H,25,32)/b24-12+. The van der Waals surface area contributed by atoms with Gasteiger partial charge in [0.1, 0.15) is 5.15 Å². The van der Waals surface area contributed by atoms with E-state index in [1.54, 1.807) is 35.4 Å². The lowest BCUT2D eigenvalue weighted by atomic mass is 10.2. The van der Waals surface area contributed by atoms with Crippen LogP contribution in [0.15, 0.2) is 64.9 Å². The van der Waals surface area contributed by atoms with Gasteiger partial charge in [0.05, 0.1) is 33.8 Å². The van der Waals surface area contributed by atoms with E-state index in [2.05, 4.69) is 25.8 Å². The topological polar surface area (TPSA) is 133 Å². The molecule has 0 fully saturated rings. The first-order valence-corrected chi connectivity index (χ1v) is 11.6. The van der Waals surface area contributed by atoms with E-state index in [0.717, 1.165) is 17.4 Å². The molecule has 0 aliphatic heterocycles. The number of halogens is 1. The van der Waals surface area contributed by atoms with Crippen LogP contribution in [0.5, 0.6) is 0 Å². The second-order valence-electron chi connectivity index (χ2n) is 7.29. The molecule has 2 aromatic heterocycles. The van der Waals surface area contributed by atoms with E-state index in [0.29, 0.717) is 33.0 Å². The number of benzene rings is 2. The number of nitro benzene ring substituents is 1. The number of non-ortho nitro benzene ring substituents is 1. The van der Waals surface area contributed by atoms with Crippen molar-refractivity contribution in [3.63, 3.8) is 0 Å². The minimum atomic E-state index is -0.471. The number of aryl methyl sites for hydroxylation is 1. The molecule has 0 aliphatic rings. The van der Waals surface area contributed by atoms with E-state index in [1.165, 1.54) is 18.3 Å². The summed E-state index contributed by atoms with van der Waals surface area (Å²) in [6, 6.07) is 15.6. The number of amides is 1. The number of carbonyl (C=O) groups is 1. The third-order valence-electron chi connectivity index (χ3n) is 4.91. The van der Waals surface area contributed by atoms with Gasteiger partial charge in [-0.05, 0) is 19.1 Å². The maximum Gasteiger partial charge on any atom is 0.270 e. The molecule has 0 saturated heterocycles. The van der Waals surface area contributed by atoms with Gasteiger partial charge >= 0.3 is 0 Å². The highest BCUT2D eigenvalue weighted by atomic mass is 35.5. The SMILES string of the molecule is Cc1nn(-c2ccccc2)c(Cl)c1/C=N/NC(=O)CSc1nnc(-c2cccc([N+](=O)[O-])c2)n1C. The fourth-order valence-electron chi connectivity index (χ4n) is 3.18. The van der Waals surface area contributed by atoms with Crippen molar-refractivity contribution in [2.24, 2.45) is 12.1 Å². The normalized spacial score (nSPS) is 11.2. The van der Waals surface area contributed by atoms with Crippen LogP contribution in [0.2, 0.25) is 5.15 Å². The molecule has 1 amide bonds. The van der Waals surface area contributed by atoms with Crippen LogP contribution >= 0.6 is 23.4 Å². The van der Waals surface area contributed by atoms with Crippen LogP contribution < -0.4 is 5.43 Å². The largest absolute Gasteiger partial charge is 0.305 e. The number of thioether (sulfide) groups is 1. The second kappa shape index (κ2) is 10.5. The number of hydrogen-bond donors (Lipinski definition) is 1. The first-order valence-electron chi connectivity index (χ1n) is 10.2. The molecule has 178 valence electrons. The first kappa shape index (κ1) is 24.1. The van der Waals surface area contributed by atoms with Gasteiger partial charge < -0.3 is 4.57 Å². The first-order chi connectivity index (χ1) is 16.8. The maximum atomic E-state index is 12.3. The Kier molecular flexibility index (Phi) is 7.22. The van der Waals surface area contributed by atoms with Crippen molar-refractivity contribution in [1.82, 2.24) is 30.0 Å². The molecule has 0 atom stereocenters. The number of aromatic nitrogens is 5. The smallest absolute Gasteiger partial charge is 0.270 e. The lowest BCUT2D eigenvalue weighted by Crippen LogP contribution is -2.20. The van der Waals surface area contributed by atoms with Crippen molar-refractivity contribution in [3.8, 4) is 17.1 Å². The van der Waals surface area contributed by atoms with Crippen molar-refractivity contribution in [1.29, 1.82) is 0 Å². The molecule has 0 spiro atoms. The third-order valence-corrected chi connectivity index (χ3v) is 6.30. The minimum Gasteiger partial charge on any atom is -0.305 e. The molecule has 0 aliphatic carbocycles. The number of hydrogen-bond acceptors (Lipinski definition) is 8. The van der Waals surface area contributed by atoms with E-state index in [4.69, 9.17) is 11.6 Å². The van der Waals surface area contributed by atoms with Crippen molar-refractivity contribution >= 4 is 41.2 Å². The zero-order chi connectivity index (χ0) is 24.9. The molecule has 0 bridgehead atoms. The van der Waals surface area contributed by atoms with Gasteiger partial charge in [0.2, 0.25) is 0 Å². The van der Waals surface area contributed by atoms with E-state index in [1.807, 2.05) is 30.3 Å². The van der Waals surface area contributed by atoms with Crippen LogP contribution in [0, 0.1) is 17.0 Å². The Labute approximate surface area is 209 Å². The van der Waals surface area contributed by atoms with Crippen molar-refractivity contribution in [3.05, 3.63) is 81.1 Å². The van der Waals surface area contributed by atoms with Crippen LogP contribution in [0.4, 0.5) is 5.69 Å². The highest BCUT2D eigenvalue weighted by Crippen LogP contribution is 2.25. The summed E-state index contributed by atoms with van der Waals surface area (Å²) in [6.07, 6.45) is 1.45. The third kappa shape index (κ3) is 5.39. The quantitative estimate of drug-likeness (QED) is 0.165. The maximum absolute atomic E-state index is 12.3. The molecule has 4 rings (SSSR count). The Morgan fingerprint density at radius 3 is 2.74 bits per heavy atom. The zero-order valence-corrected chi connectivity index (χ0v) is 20.2. The van der Waals surface area contributed by atoms with Gasteiger partial charge in [0.15, 0.2) is 11.0 Å². The van der Waals surface area contributed by atoms with Gasteiger partial charge in [-0.1, -0.05) is 53.7 Å². The van der Waals surface area contributed by atoms with Crippen molar-refractivity contribution in [2.75, 3.05) is 5.75 Å². The van der Waals surface area contributed by atoms with Crippen molar-refractivity contribution < 1.29 is 9.72 Å². The molecule has 13 heteroatoms. The molecule has 0 unspecified atom stereocenters. The molecular formula is C22H19ClN8O3S. The molecule has 4 aromatic rings. The number of hydrazone groups is 1. The molecule has 0 saturated carbocycles. The summed E-state index contributed by atoms with van der Waals surface area (Å²) < 4.78 is 3.27. The Morgan fingerprint density at radius 2 is 2.00 bits per heavy atom. The lowest BCUT2D eigenvalue weighted by Gasteiger charge is -2.04. The average molecular weight is 511 g/mol. The number of carbonyl (C=O) groups excluding carboxylic acids is 1. The van der Waals surface area contributed by atoms with Gasteiger partial charge in [-0.15, -0.1) is 10.2 Å². The van der Waals surface area contributed by atoms with Crippen LogP contribution in [0.3, 0.4) is 0 Å². The second-order valence-corrected chi connectivity index (χ2v) is 8.59. The Balaban J connectivity index is 1.37. The molecule has 0 radical (unpaired) electrons. The highest BCUT2D eigenvalue weighted by molar-refractivity contribution is 7.99. The number of para-hydroxylation sites is 1. The molecule has 35 heavy (non-hydrogen) atoms. The summed E-state index contributed by atoms with van der Waals surface area (Å²) in [6.45, 7) is 1.80. The summed E-state index contributed by atoms with van der Waals surface area (Å²) in [4.78, 5) is 22.8. The molecule has 1 N–H and O–H groups in total. The molecular weight excluding hydrogens is 492 g/mol. The fourth-order valence-corrected chi connectivity index (χ4v) is 4.20. The van der Waals surface area contributed by atoms with Crippen molar-refractivity contribution in [2.45, 2.75) is 12.1 Å². The zero-order valence-electron chi connectivity index (χ0n) is 18.6. The Hall–Kier alpha value is -4.03. The Bertz CT molecular complexity index is 1420. The van der Waals surface area contributed by atoms with Gasteiger partial charge in [-0.2, -0.15) is 10.2 Å². The van der Waals surface area contributed by atoms with E-state index < -0.39 is 4.92 Å². The Morgan fingerprint density at radius 1 is 1.23 bits per heavy atom.